The summed E-state index contributed by atoms with van der Waals surface area (Å²) in [5.74, 6) is 0.0798. The number of nitrogens with one attached hydrogen (secondary N) is 3. The third-order valence-electron chi connectivity index (χ3n) is 7.07. The fourth-order valence-corrected chi connectivity index (χ4v) is 4.73. The van der Waals surface area contributed by atoms with Crippen LogP contribution in [0.3, 0.4) is 0 Å². The van der Waals surface area contributed by atoms with Gasteiger partial charge in [0.1, 0.15) is 12.1 Å². The molecule has 1 unspecified atom stereocenters. The smallest absolute Gasteiger partial charge is 0.325 e. The van der Waals surface area contributed by atoms with Gasteiger partial charge in [0, 0.05) is 12.6 Å². The average molecular weight is 379 g/mol. The number of piperidine rings is 1. The molecule has 1 aliphatic carbocycles. The average Bonchev–Trinajstić information content (AvgIpc) is 2.87. The Balaban J connectivity index is 1.58. The van der Waals surface area contributed by atoms with Crippen LogP contribution in [-0.4, -0.2) is 54.0 Å². The van der Waals surface area contributed by atoms with Crippen molar-refractivity contribution in [3.63, 3.8) is 0 Å². The minimum atomic E-state index is -0.802. The number of urea groups is 1. The predicted octanol–water partition coefficient (Wildman–Crippen LogP) is 1.77. The van der Waals surface area contributed by atoms with E-state index in [1.54, 1.807) is 0 Å². The van der Waals surface area contributed by atoms with Gasteiger partial charge in [-0.05, 0) is 56.4 Å². The summed E-state index contributed by atoms with van der Waals surface area (Å²) in [5, 5.41) is 9.10. The highest BCUT2D eigenvalue weighted by molar-refractivity contribution is 6.09. The maximum Gasteiger partial charge on any atom is 0.325 e. The lowest BCUT2D eigenvalue weighted by Gasteiger charge is -2.42. The van der Waals surface area contributed by atoms with Gasteiger partial charge in [0.25, 0.3) is 5.91 Å². The van der Waals surface area contributed by atoms with Crippen LogP contribution >= 0.6 is 0 Å². The fraction of sp³-hybridized carbons (Fsp3) is 0.850. The van der Waals surface area contributed by atoms with Gasteiger partial charge in [-0.2, -0.15) is 0 Å². The van der Waals surface area contributed by atoms with Crippen molar-refractivity contribution in [2.45, 2.75) is 77.3 Å². The summed E-state index contributed by atoms with van der Waals surface area (Å²) in [4.78, 5) is 38.9. The van der Waals surface area contributed by atoms with Crippen molar-refractivity contribution in [2.75, 3.05) is 19.6 Å². The number of amides is 4. The fourth-order valence-electron chi connectivity index (χ4n) is 4.73. The number of nitrogens with zero attached hydrogens (tertiary/aromatic N) is 1. The number of carbonyl (C=O) groups is 3. The van der Waals surface area contributed by atoms with E-state index in [1.165, 1.54) is 0 Å². The number of hydrogen-bond donors (Lipinski definition) is 3. The molecule has 152 valence electrons. The molecule has 2 heterocycles. The lowest BCUT2D eigenvalue weighted by atomic mass is 9.65. The van der Waals surface area contributed by atoms with Crippen LogP contribution in [0.2, 0.25) is 0 Å². The van der Waals surface area contributed by atoms with Gasteiger partial charge in [0.05, 0.1) is 0 Å². The number of imide groups is 1. The van der Waals surface area contributed by atoms with Crippen molar-refractivity contribution in [1.29, 1.82) is 0 Å². The maximum absolute atomic E-state index is 13.0. The molecule has 1 atom stereocenters. The largest absolute Gasteiger partial charge is 0.351 e. The zero-order chi connectivity index (χ0) is 19.7. The Kier molecular flexibility index (Phi) is 5.79. The summed E-state index contributed by atoms with van der Waals surface area (Å²) in [6, 6.07) is -0.349. The number of rotatable bonds is 5. The van der Waals surface area contributed by atoms with E-state index in [9.17, 15) is 14.4 Å². The van der Waals surface area contributed by atoms with E-state index in [1.807, 2.05) is 0 Å². The maximum atomic E-state index is 13.0. The predicted molar refractivity (Wildman–Crippen MR) is 103 cm³/mol. The van der Waals surface area contributed by atoms with Crippen LogP contribution in [-0.2, 0) is 9.59 Å². The van der Waals surface area contributed by atoms with Crippen molar-refractivity contribution in [3.05, 3.63) is 0 Å². The summed E-state index contributed by atoms with van der Waals surface area (Å²) >= 11 is 0. The van der Waals surface area contributed by atoms with Crippen LogP contribution in [0, 0.1) is 11.3 Å². The van der Waals surface area contributed by atoms with Crippen molar-refractivity contribution >= 4 is 17.8 Å². The normalized spacial score (nSPS) is 31.9. The van der Waals surface area contributed by atoms with Gasteiger partial charge in [-0.1, -0.05) is 27.2 Å². The molecular formula is C20H34N4O3. The van der Waals surface area contributed by atoms with Crippen LogP contribution < -0.4 is 16.0 Å². The van der Waals surface area contributed by atoms with Gasteiger partial charge in [-0.3, -0.25) is 14.5 Å². The second kappa shape index (κ2) is 7.78. The molecule has 1 spiro atoms. The number of hydrogen-bond acceptors (Lipinski definition) is 4. The van der Waals surface area contributed by atoms with Crippen LogP contribution in [0.5, 0.6) is 0 Å². The second-order valence-corrected chi connectivity index (χ2v) is 9.13. The molecule has 0 aromatic carbocycles. The highest BCUT2D eigenvalue weighted by Gasteiger charge is 2.53. The summed E-state index contributed by atoms with van der Waals surface area (Å²) in [6.45, 7) is 8.28. The van der Waals surface area contributed by atoms with E-state index in [4.69, 9.17) is 0 Å². The minimum Gasteiger partial charge on any atom is -0.351 e. The quantitative estimate of drug-likeness (QED) is 0.636. The molecule has 2 saturated heterocycles. The first kappa shape index (κ1) is 20.1. The first-order chi connectivity index (χ1) is 12.8. The van der Waals surface area contributed by atoms with Crippen LogP contribution in [0.15, 0.2) is 0 Å². The molecule has 0 radical (unpaired) electrons. The molecule has 1 saturated carbocycles. The molecular weight excluding hydrogens is 344 g/mol. The van der Waals surface area contributed by atoms with Gasteiger partial charge in [0.15, 0.2) is 0 Å². The Bertz CT molecular complexity index is 590. The molecule has 0 bridgehead atoms. The lowest BCUT2D eigenvalue weighted by Crippen LogP contribution is -2.52. The third kappa shape index (κ3) is 4.13. The van der Waals surface area contributed by atoms with Crippen LogP contribution in [0.4, 0.5) is 4.79 Å². The van der Waals surface area contributed by atoms with Gasteiger partial charge >= 0.3 is 6.03 Å². The van der Waals surface area contributed by atoms with Crippen molar-refractivity contribution in [3.8, 4) is 0 Å². The van der Waals surface area contributed by atoms with Crippen LogP contribution in [0.1, 0.15) is 65.7 Å². The molecule has 3 aliphatic rings. The highest BCUT2D eigenvalue weighted by atomic mass is 16.2. The van der Waals surface area contributed by atoms with E-state index < -0.39 is 11.6 Å². The Labute approximate surface area is 162 Å². The molecule has 2 aliphatic heterocycles. The first-order valence-electron chi connectivity index (χ1n) is 10.4. The molecule has 0 aromatic rings. The summed E-state index contributed by atoms with van der Waals surface area (Å²) in [7, 11) is 0. The van der Waals surface area contributed by atoms with E-state index in [2.05, 4.69) is 36.7 Å². The molecule has 4 amide bonds. The molecule has 3 fully saturated rings. The molecule has 3 rings (SSSR count). The Morgan fingerprint density at radius 2 is 1.96 bits per heavy atom. The first-order valence-corrected chi connectivity index (χ1v) is 10.4. The lowest BCUT2D eigenvalue weighted by molar-refractivity contribution is -0.136. The molecule has 27 heavy (non-hydrogen) atoms. The molecule has 7 heteroatoms. The van der Waals surface area contributed by atoms with Gasteiger partial charge < -0.3 is 16.0 Å². The molecule has 7 nitrogen and oxygen atoms in total. The highest BCUT2D eigenvalue weighted by Crippen LogP contribution is 2.45. The SMILES string of the molecule is CCC(C)(C)C1CCC2(CC1)NC(=O)N(CC(=O)NC1CCCNC1)C2=O. The topological polar surface area (TPSA) is 90.5 Å². The van der Waals surface area contributed by atoms with Crippen molar-refractivity contribution in [1.82, 2.24) is 20.9 Å². The third-order valence-corrected chi connectivity index (χ3v) is 7.07. The van der Waals surface area contributed by atoms with Crippen molar-refractivity contribution in [2.24, 2.45) is 11.3 Å². The van der Waals surface area contributed by atoms with E-state index >= 15 is 0 Å². The molecule has 3 N–H and O–H groups in total. The standard InChI is InChI=1S/C20H34N4O3/c1-4-19(2,3)14-7-9-20(10-8-14)17(26)24(18(27)23-20)13-16(25)22-15-6-5-11-21-12-15/h14-15,21H,4-13H2,1-3H3,(H,22,25)(H,23,27). The van der Waals surface area contributed by atoms with E-state index in [-0.39, 0.29) is 29.8 Å². The number of carbonyl (C=O) groups excluding carboxylic acids is 3. The Hall–Kier alpha value is -1.63. The Morgan fingerprint density at radius 1 is 1.26 bits per heavy atom. The van der Waals surface area contributed by atoms with Gasteiger partial charge in [0.2, 0.25) is 5.91 Å². The summed E-state index contributed by atoms with van der Waals surface area (Å²) in [5.41, 5.74) is -0.551. The Morgan fingerprint density at radius 3 is 2.56 bits per heavy atom. The van der Waals surface area contributed by atoms with Crippen LogP contribution in [0.25, 0.3) is 0 Å². The minimum absolute atomic E-state index is 0.0766. The molecule has 0 aromatic heterocycles. The second-order valence-electron chi connectivity index (χ2n) is 9.13. The summed E-state index contributed by atoms with van der Waals surface area (Å²) in [6.07, 6.45) is 6.24. The summed E-state index contributed by atoms with van der Waals surface area (Å²) < 4.78 is 0. The van der Waals surface area contributed by atoms with E-state index in [0.29, 0.717) is 18.8 Å². The monoisotopic (exact) mass is 378 g/mol. The van der Waals surface area contributed by atoms with Gasteiger partial charge in [-0.15, -0.1) is 0 Å². The van der Waals surface area contributed by atoms with Crippen molar-refractivity contribution < 1.29 is 14.4 Å². The van der Waals surface area contributed by atoms with E-state index in [0.717, 1.165) is 50.1 Å². The zero-order valence-corrected chi connectivity index (χ0v) is 16.9. The van der Waals surface area contributed by atoms with Gasteiger partial charge in [-0.25, -0.2) is 4.79 Å². The zero-order valence-electron chi connectivity index (χ0n) is 16.9.